The fourth-order valence-corrected chi connectivity index (χ4v) is 4.37. The lowest BCUT2D eigenvalue weighted by molar-refractivity contribution is -0.139. The molecule has 0 aliphatic carbocycles. The highest BCUT2D eigenvalue weighted by atomic mass is 32.2. The van der Waals surface area contributed by atoms with Crippen LogP contribution in [0.2, 0.25) is 0 Å². The van der Waals surface area contributed by atoms with Crippen molar-refractivity contribution >= 4 is 40.2 Å². The molecule has 1 aliphatic rings. The van der Waals surface area contributed by atoms with Gasteiger partial charge < -0.3 is 9.84 Å². The van der Waals surface area contributed by atoms with Gasteiger partial charge in [0.25, 0.3) is 0 Å². The largest absolute Gasteiger partial charge is 0.480 e. The number of nitrogens with zero attached hydrogens (tertiary/aromatic N) is 1. The van der Waals surface area contributed by atoms with E-state index in [9.17, 15) is 24.3 Å². The number of ketones is 1. The molecule has 162 valence electrons. The topological polar surface area (TPSA) is 127 Å². The zero-order valence-electron chi connectivity index (χ0n) is 16.8. The summed E-state index contributed by atoms with van der Waals surface area (Å²) in [6, 6.07) is 15.4. The van der Waals surface area contributed by atoms with Gasteiger partial charge in [0.1, 0.15) is 12.3 Å². The number of Topliss-reactive ketones (excluding diaryl/α,β-unsaturated/α-hetero) is 1. The number of benzene rings is 2. The van der Waals surface area contributed by atoms with Crippen LogP contribution in [-0.4, -0.2) is 45.4 Å². The highest BCUT2D eigenvalue weighted by Crippen LogP contribution is 2.36. The summed E-state index contributed by atoms with van der Waals surface area (Å²) in [6.07, 6.45) is -0.335. The summed E-state index contributed by atoms with van der Waals surface area (Å²) in [4.78, 5) is 50.5. The number of carboxylic acid groups (broad SMARTS) is 1. The van der Waals surface area contributed by atoms with Gasteiger partial charge in [0.15, 0.2) is 5.12 Å². The lowest BCUT2D eigenvalue weighted by atomic mass is 9.97. The predicted molar refractivity (Wildman–Crippen MR) is 116 cm³/mol. The molecule has 8 nitrogen and oxygen atoms in total. The zero-order chi connectivity index (χ0) is 22.6. The van der Waals surface area contributed by atoms with Crippen LogP contribution in [0.5, 0.6) is 5.75 Å². The van der Waals surface area contributed by atoms with Crippen LogP contribution in [0.3, 0.4) is 0 Å². The minimum atomic E-state index is -2.05. The van der Waals surface area contributed by atoms with Gasteiger partial charge in [-0.15, -0.1) is 0 Å². The van der Waals surface area contributed by atoms with Crippen LogP contribution in [0.4, 0.5) is 5.69 Å². The monoisotopic (exact) mass is 442 g/mol. The van der Waals surface area contributed by atoms with E-state index in [1.165, 1.54) is 19.1 Å². The predicted octanol–water partition coefficient (Wildman–Crippen LogP) is 2.00. The Bertz CT molecular complexity index is 1010. The first-order valence-electron chi connectivity index (χ1n) is 9.54. The first-order valence-corrected chi connectivity index (χ1v) is 10.4. The van der Waals surface area contributed by atoms with Gasteiger partial charge in [-0.3, -0.25) is 29.8 Å². The van der Waals surface area contributed by atoms with Crippen LogP contribution >= 0.6 is 11.8 Å². The molecule has 2 aromatic carbocycles. The standard InChI is InChI=1S/C22H22N2O6S/c1-14(25)31-18(11-15-7-3-2-4-8-15)21(29)22(23)12-19(26)24(13-20(27)28)16-9-5-6-10-17(16)30-22/h2-10,18H,11-13,23H2,1H3,(H,27,28). The number of rotatable bonds is 7. The van der Waals surface area contributed by atoms with E-state index in [1.807, 2.05) is 30.3 Å². The Morgan fingerprint density at radius 3 is 2.45 bits per heavy atom. The Morgan fingerprint density at radius 2 is 1.81 bits per heavy atom. The molecule has 0 radical (unpaired) electrons. The molecular formula is C22H22N2O6S. The van der Waals surface area contributed by atoms with Crippen molar-refractivity contribution in [3.8, 4) is 5.75 Å². The number of hydrogen-bond donors (Lipinski definition) is 2. The first kappa shape index (κ1) is 22.5. The van der Waals surface area contributed by atoms with E-state index in [0.29, 0.717) is 0 Å². The number of ether oxygens (including phenoxy) is 1. The Balaban J connectivity index is 1.97. The van der Waals surface area contributed by atoms with Crippen molar-refractivity contribution in [2.75, 3.05) is 11.4 Å². The smallest absolute Gasteiger partial charge is 0.323 e. The van der Waals surface area contributed by atoms with E-state index < -0.39 is 41.6 Å². The third-order valence-electron chi connectivity index (χ3n) is 4.74. The average Bonchev–Trinajstić information content (AvgIpc) is 2.81. The molecule has 1 aliphatic heterocycles. The molecule has 0 saturated heterocycles. The number of fused-ring (bicyclic) bond motifs is 1. The second-order valence-electron chi connectivity index (χ2n) is 7.16. The molecule has 0 bridgehead atoms. The van der Waals surface area contributed by atoms with E-state index in [0.717, 1.165) is 22.2 Å². The lowest BCUT2D eigenvalue weighted by Crippen LogP contribution is -2.58. The summed E-state index contributed by atoms with van der Waals surface area (Å²) in [5.74, 6) is -2.36. The Hall–Kier alpha value is -3.17. The van der Waals surface area contributed by atoms with Crippen LogP contribution in [0.15, 0.2) is 54.6 Å². The van der Waals surface area contributed by atoms with Gasteiger partial charge in [-0.05, 0) is 24.1 Å². The minimum Gasteiger partial charge on any atom is -0.480 e. The zero-order valence-corrected chi connectivity index (χ0v) is 17.6. The molecule has 2 atom stereocenters. The number of para-hydroxylation sites is 2. The molecule has 0 saturated carbocycles. The summed E-state index contributed by atoms with van der Waals surface area (Å²) in [7, 11) is 0. The normalized spacial score (nSPS) is 19.0. The van der Waals surface area contributed by atoms with Crippen molar-refractivity contribution in [3.63, 3.8) is 0 Å². The van der Waals surface area contributed by atoms with Crippen molar-refractivity contribution in [3.05, 3.63) is 60.2 Å². The van der Waals surface area contributed by atoms with Crippen LogP contribution in [0, 0.1) is 0 Å². The molecule has 0 fully saturated rings. The maximum atomic E-state index is 13.5. The highest BCUT2D eigenvalue weighted by molar-refractivity contribution is 8.14. The highest BCUT2D eigenvalue weighted by Gasteiger charge is 2.47. The molecule has 0 spiro atoms. The molecule has 3 N–H and O–H groups in total. The Labute approximate surface area is 183 Å². The van der Waals surface area contributed by atoms with E-state index >= 15 is 0 Å². The second-order valence-corrected chi connectivity index (χ2v) is 8.54. The fraction of sp³-hybridized carbons (Fsp3) is 0.273. The summed E-state index contributed by atoms with van der Waals surface area (Å²) in [6.45, 7) is 0.751. The third-order valence-corrected chi connectivity index (χ3v) is 5.74. The van der Waals surface area contributed by atoms with Crippen LogP contribution in [0.1, 0.15) is 18.9 Å². The van der Waals surface area contributed by atoms with Crippen molar-refractivity contribution in [1.29, 1.82) is 0 Å². The molecule has 1 heterocycles. The van der Waals surface area contributed by atoms with Crippen LogP contribution in [0.25, 0.3) is 0 Å². The lowest BCUT2D eigenvalue weighted by Gasteiger charge is -2.30. The number of carboxylic acids is 1. The number of aliphatic carboxylic acids is 1. The van der Waals surface area contributed by atoms with Crippen molar-refractivity contribution in [2.45, 2.75) is 30.7 Å². The molecule has 2 aromatic rings. The molecule has 3 rings (SSSR count). The quantitative estimate of drug-likeness (QED) is 0.667. The number of thioether (sulfide) groups is 1. The number of carbonyl (C=O) groups excluding carboxylic acids is 3. The minimum absolute atomic E-state index is 0.122. The SMILES string of the molecule is CC(=O)SC(Cc1ccccc1)C(=O)C1(N)CC(=O)N(CC(=O)O)c2ccccc2O1. The van der Waals surface area contributed by atoms with E-state index in [2.05, 4.69) is 0 Å². The van der Waals surface area contributed by atoms with Crippen molar-refractivity contribution in [2.24, 2.45) is 5.73 Å². The molecule has 1 amide bonds. The fourth-order valence-electron chi connectivity index (χ4n) is 3.39. The maximum Gasteiger partial charge on any atom is 0.323 e. The number of anilines is 1. The van der Waals surface area contributed by atoms with Gasteiger partial charge in [-0.25, -0.2) is 0 Å². The average molecular weight is 442 g/mol. The summed E-state index contributed by atoms with van der Waals surface area (Å²) < 4.78 is 5.84. The van der Waals surface area contributed by atoms with E-state index in [4.69, 9.17) is 10.5 Å². The number of nitrogens with two attached hydrogens (primary N) is 1. The van der Waals surface area contributed by atoms with Gasteiger partial charge in [0.05, 0.1) is 17.4 Å². The molecule has 2 unspecified atom stereocenters. The van der Waals surface area contributed by atoms with Crippen LogP contribution in [-0.2, 0) is 25.6 Å². The number of carbonyl (C=O) groups is 4. The third kappa shape index (κ3) is 5.31. The number of hydrogen-bond acceptors (Lipinski definition) is 7. The van der Waals surface area contributed by atoms with Crippen molar-refractivity contribution in [1.82, 2.24) is 0 Å². The number of amides is 1. The van der Waals surface area contributed by atoms with Gasteiger partial charge in [-0.2, -0.15) is 0 Å². The molecule has 9 heteroatoms. The van der Waals surface area contributed by atoms with Crippen molar-refractivity contribution < 1.29 is 29.0 Å². The van der Waals surface area contributed by atoms with Gasteiger partial charge in [0, 0.05) is 6.92 Å². The second kappa shape index (κ2) is 9.32. The Morgan fingerprint density at radius 1 is 1.16 bits per heavy atom. The van der Waals surface area contributed by atoms with Gasteiger partial charge >= 0.3 is 5.97 Å². The van der Waals surface area contributed by atoms with E-state index in [-0.39, 0.29) is 23.0 Å². The maximum absolute atomic E-state index is 13.5. The van der Waals surface area contributed by atoms with E-state index in [1.54, 1.807) is 12.1 Å². The summed E-state index contributed by atoms with van der Waals surface area (Å²) in [5, 5.41) is 8.07. The summed E-state index contributed by atoms with van der Waals surface area (Å²) in [5.41, 5.74) is 5.33. The van der Waals surface area contributed by atoms with Gasteiger partial charge in [-0.1, -0.05) is 54.2 Å². The Kier molecular flexibility index (Phi) is 6.77. The first-order chi connectivity index (χ1) is 14.7. The molecule has 31 heavy (non-hydrogen) atoms. The van der Waals surface area contributed by atoms with Crippen LogP contribution < -0.4 is 15.4 Å². The van der Waals surface area contributed by atoms with Gasteiger partial charge in [0.2, 0.25) is 17.4 Å². The molecular weight excluding hydrogens is 420 g/mol. The molecule has 0 aromatic heterocycles. The summed E-state index contributed by atoms with van der Waals surface area (Å²) >= 11 is 0.828.